The average Bonchev–Trinajstić information content (AvgIpc) is 3.37. The Balaban J connectivity index is 1.68. The van der Waals surface area contributed by atoms with Crippen molar-refractivity contribution in [2.45, 2.75) is 43.5 Å². The number of aliphatic hydroxyl groups is 1. The number of hydrogen-bond donors (Lipinski definition) is 1. The number of aliphatic hydroxyl groups excluding tert-OH is 1. The van der Waals surface area contributed by atoms with E-state index in [0.29, 0.717) is 34.9 Å². The van der Waals surface area contributed by atoms with Crippen molar-refractivity contribution in [1.29, 1.82) is 5.26 Å². The zero-order chi connectivity index (χ0) is 22.0. The Morgan fingerprint density at radius 3 is 2.55 bits per heavy atom. The molecule has 2 bridgehead atoms. The minimum Gasteiger partial charge on any atom is -0.396 e. The second-order valence-corrected chi connectivity index (χ2v) is 8.63. The summed E-state index contributed by atoms with van der Waals surface area (Å²) in [5.74, 6) is -1.92. The van der Waals surface area contributed by atoms with E-state index in [4.69, 9.17) is 9.47 Å². The van der Waals surface area contributed by atoms with Gasteiger partial charge >= 0.3 is 0 Å². The van der Waals surface area contributed by atoms with Crippen molar-refractivity contribution in [3.05, 3.63) is 42.0 Å². The Hall–Kier alpha value is -2.79. The van der Waals surface area contributed by atoms with Gasteiger partial charge in [-0.15, -0.1) is 0 Å². The Labute approximate surface area is 180 Å². The van der Waals surface area contributed by atoms with Gasteiger partial charge in [0.05, 0.1) is 40.9 Å². The second kappa shape index (κ2) is 6.86. The van der Waals surface area contributed by atoms with E-state index in [1.54, 1.807) is 19.2 Å². The van der Waals surface area contributed by atoms with Gasteiger partial charge in [0.25, 0.3) is 0 Å². The zero-order valence-corrected chi connectivity index (χ0v) is 17.5. The molecule has 0 aliphatic carbocycles. The Morgan fingerprint density at radius 2 is 1.90 bits per heavy atom. The minimum absolute atomic E-state index is 0.138. The van der Waals surface area contributed by atoms with Crippen LogP contribution in [0.25, 0.3) is 10.8 Å². The van der Waals surface area contributed by atoms with Crippen LogP contribution >= 0.6 is 0 Å². The van der Waals surface area contributed by atoms with Gasteiger partial charge in [-0.25, -0.2) is 4.90 Å². The Kier molecular flexibility index (Phi) is 4.45. The first-order chi connectivity index (χ1) is 15.0. The highest BCUT2D eigenvalue weighted by molar-refractivity contribution is 6.26. The highest BCUT2D eigenvalue weighted by Crippen LogP contribution is 2.64. The predicted octanol–water partition coefficient (Wildman–Crippen LogP) is 2.54. The van der Waals surface area contributed by atoms with Gasteiger partial charge < -0.3 is 14.6 Å². The molecule has 0 spiro atoms. The molecule has 3 aliphatic rings. The molecule has 7 nitrogen and oxygen atoms in total. The minimum atomic E-state index is -0.917. The third kappa shape index (κ3) is 2.38. The quantitative estimate of drug-likeness (QED) is 0.746. The number of nitriles is 1. The largest absolute Gasteiger partial charge is 0.396 e. The molecule has 0 radical (unpaired) electrons. The SMILES string of the molecule is CCC12OC(CCO)(CC1OC)C1C(=O)N(c3ccc(C#N)c4ccccc34)C(=O)C12. The van der Waals surface area contributed by atoms with E-state index in [1.165, 1.54) is 4.90 Å². The fourth-order valence-electron chi connectivity index (χ4n) is 6.23. The number of methoxy groups -OCH3 is 1. The molecule has 31 heavy (non-hydrogen) atoms. The highest BCUT2D eigenvalue weighted by atomic mass is 16.6. The van der Waals surface area contributed by atoms with Crippen molar-refractivity contribution in [3.8, 4) is 6.07 Å². The molecule has 7 heteroatoms. The van der Waals surface area contributed by atoms with E-state index < -0.39 is 23.0 Å². The van der Waals surface area contributed by atoms with Gasteiger partial charge in [0.15, 0.2) is 0 Å². The van der Waals surface area contributed by atoms with Crippen molar-refractivity contribution < 1.29 is 24.2 Å². The molecule has 0 saturated carbocycles. The predicted molar refractivity (Wildman–Crippen MR) is 112 cm³/mol. The number of amides is 2. The lowest BCUT2D eigenvalue weighted by molar-refractivity contribution is -0.139. The summed E-state index contributed by atoms with van der Waals surface area (Å²) in [5, 5.41) is 20.6. The first kappa shape index (κ1) is 20.1. The van der Waals surface area contributed by atoms with Crippen molar-refractivity contribution in [1.82, 2.24) is 0 Å². The maximum Gasteiger partial charge on any atom is 0.240 e. The van der Waals surface area contributed by atoms with Gasteiger partial charge in [0.2, 0.25) is 11.8 Å². The summed E-state index contributed by atoms with van der Waals surface area (Å²) in [6.45, 7) is 1.81. The highest BCUT2D eigenvalue weighted by Gasteiger charge is 2.78. The van der Waals surface area contributed by atoms with Gasteiger partial charge in [-0.2, -0.15) is 5.26 Å². The molecule has 3 heterocycles. The number of carbonyl (C=O) groups is 2. The van der Waals surface area contributed by atoms with Crippen LogP contribution in [0.5, 0.6) is 0 Å². The fraction of sp³-hybridized carbons (Fsp3) is 0.458. The molecule has 2 aromatic carbocycles. The van der Waals surface area contributed by atoms with Gasteiger partial charge in [0.1, 0.15) is 5.60 Å². The molecule has 3 fully saturated rings. The lowest BCUT2D eigenvalue weighted by Gasteiger charge is -2.36. The first-order valence-electron chi connectivity index (χ1n) is 10.6. The number of fused-ring (bicyclic) bond motifs is 6. The van der Waals surface area contributed by atoms with Crippen LogP contribution < -0.4 is 4.90 Å². The summed E-state index contributed by atoms with van der Waals surface area (Å²) >= 11 is 0. The molecule has 2 amide bonds. The van der Waals surface area contributed by atoms with Crippen LogP contribution in [0.4, 0.5) is 5.69 Å². The number of anilines is 1. The molecule has 160 valence electrons. The summed E-state index contributed by atoms with van der Waals surface area (Å²) < 4.78 is 12.2. The van der Waals surface area contributed by atoms with Crippen molar-refractivity contribution in [2.75, 3.05) is 18.6 Å². The van der Waals surface area contributed by atoms with Crippen LogP contribution in [0.2, 0.25) is 0 Å². The number of nitrogens with zero attached hydrogens (tertiary/aromatic N) is 2. The second-order valence-electron chi connectivity index (χ2n) is 8.63. The maximum atomic E-state index is 13.8. The lowest BCUT2D eigenvalue weighted by atomic mass is 9.64. The van der Waals surface area contributed by atoms with Crippen LogP contribution in [-0.2, 0) is 19.1 Å². The number of carbonyl (C=O) groups excluding carboxylic acids is 2. The van der Waals surface area contributed by atoms with Crippen molar-refractivity contribution >= 4 is 28.3 Å². The Bertz CT molecular complexity index is 1140. The average molecular weight is 420 g/mol. The molecule has 0 aromatic heterocycles. The van der Waals surface area contributed by atoms with Gasteiger partial charge in [-0.3, -0.25) is 9.59 Å². The number of benzene rings is 2. The normalized spacial score (nSPS) is 33.9. The lowest BCUT2D eigenvalue weighted by Crippen LogP contribution is -2.51. The molecule has 5 atom stereocenters. The van der Waals surface area contributed by atoms with E-state index in [0.717, 1.165) is 0 Å². The van der Waals surface area contributed by atoms with Crippen LogP contribution in [0.3, 0.4) is 0 Å². The molecule has 5 unspecified atom stereocenters. The van der Waals surface area contributed by atoms with E-state index in [2.05, 4.69) is 6.07 Å². The Morgan fingerprint density at radius 1 is 1.19 bits per heavy atom. The third-order valence-electron chi connectivity index (χ3n) is 7.50. The molecular formula is C24H24N2O5. The van der Waals surface area contributed by atoms with Gasteiger partial charge in [-0.1, -0.05) is 31.2 Å². The standard InChI is InChI=1S/C24H24N2O5/c1-3-24-18(30-2)12-23(31-24,10-11-27)19-20(24)22(29)26(21(19)28)17-9-8-14(13-25)15-6-4-5-7-16(15)17/h4-9,18-20,27H,3,10-12H2,1-2H3. The van der Waals surface area contributed by atoms with Crippen LogP contribution in [0.15, 0.2) is 36.4 Å². The molecule has 1 N–H and O–H groups in total. The molecular weight excluding hydrogens is 396 g/mol. The van der Waals surface area contributed by atoms with E-state index >= 15 is 0 Å². The topological polar surface area (TPSA) is 99.9 Å². The van der Waals surface area contributed by atoms with Gasteiger partial charge in [0, 0.05) is 37.3 Å². The summed E-state index contributed by atoms with van der Waals surface area (Å²) in [6.07, 6.45) is 0.956. The van der Waals surface area contributed by atoms with Crippen molar-refractivity contribution in [3.63, 3.8) is 0 Å². The number of hydrogen-bond acceptors (Lipinski definition) is 6. The fourth-order valence-corrected chi connectivity index (χ4v) is 6.23. The van der Waals surface area contributed by atoms with Crippen LogP contribution in [-0.4, -0.2) is 47.9 Å². The van der Waals surface area contributed by atoms with Crippen LogP contribution in [0.1, 0.15) is 31.7 Å². The summed E-state index contributed by atoms with van der Waals surface area (Å²) in [5.41, 5.74) is -0.834. The van der Waals surface area contributed by atoms with Crippen LogP contribution in [0, 0.1) is 23.2 Å². The summed E-state index contributed by atoms with van der Waals surface area (Å²) in [4.78, 5) is 28.8. The van der Waals surface area contributed by atoms with Gasteiger partial charge in [-0.05, 0) is 18.6 Å². The van der Waals surface area contributed by atoms with E-state index in [1.807, 2.05) is 31.2 Å². The molecule has 3 aliphatic heterocycles. The van der Waals surface area contributed by atoms with E-state index in [9.17, 15) is 20.0 Å². The first-order valence-corrected chi connectivity index (χ1v) is 10.6. The van der Waals surface area contributed by atoms with Crippen molar-refractivity contribution in [2.24, 2.45) is 11.8 Å². The maximum absolute atomic E-state index is 13.8. The van der Waals surface area contributed by atoms with E-state index in [-0.39, 0.29) is 30.9 Å². The summed E-state index contributed by atoms with van der Waals surface area (Å²) in [6, 6.07) is 12.8. The third-order valence-corrected chi connectivity index (χ3v) is 7.50. The molecule has 3 saturated heterocycles. The molecule has 2 aromatic rings. The zero-order valence-electron chi connectivity index (χ0n) is 17.5. The smallest absolute Gasteiger partial charge is 0.240 e. The number of ether oxygens (including phenoxy) is 2. The summed E-state index contributed by atoms with van der Waals surface area (Å²) in [7, 11) is 1.60. The molecule has 5 rings (SSSR count). The monoisotopic (exact) mass is 420 g/mol. The number of imide groups is 1. The number of rotatable bonds is 5.